The first-order chi connectivity index (χ1) is 7.96. The largest absolute Gasteiger partial charge is 0.380 e. The number of nitrogens with one attached hydrogen (secondary N) is 1. The fraction of sp³-hybridized carbons (Fsp3) is 0.538. The van der Waals surface area contributed by atoms with Crippen molar-refractivity contribution in [2.75, 3.05) is 16.8 Å². The summed E-state index contributed by atoms with van der Waals surface area (Å²) in [5, 5.41) is 4.34. The van der Waals surface area contributed by atoms with Gasteiger partial charge < -0.3 is 5.32 Å². The second-order valence-electron chi connectivity index (χ2n) is 5.35. The predicted octanol–water partition coefficient (Wildman–Crippen LogP) is 5.05. The molecule has 0 bridgehead atoms. The van der Waals surface area contributed by atoms with Crippen LogP contribution in [0.4, 0.5) is 5.69 Å². The number of benzene rings is 1. The summed E-state index contributed by atoms with van der Waals surface area (Å²) in [6.07, 6.45) is 1.20. The van der Waals surface area contributed by atoms with Crippen LogP contribution in [0.1, 0.15) is 20.3 Å². The summed E-state index contributed by atoms with van der Waals surface area (Å²) in [7, 11) is 0. The minimum absolute atomic E-state index is 0.419. The van der Waals surface area contributed by atoms with Crippen molar-refractivity contribution in [3.63, 3.8) is 0 Å². The lowest BCUT2D eigenvalue weighted by Gasteiger charge is -2.35. The molecule has 1 aromatic rings. The average Bonchev–Trinajstić information content (AvgIpc) is 2.21. The number of hydrogen-bond donors (Lipinski definition) is 1. The molecule has 0 radical (unpaired) electrons. The third-order valence-corrected chi connectivity index (χ3v) is 5.33. The Kier molecular flexibility index (Phi) is 4.32. The Labute approximate surface area is 121 Å². The van der Waals surface area contributed by atoms with Gasteiger partial charge in [0.1, 0.15) is 0 Å². The summed E-state index contributed by atoms with van der Waals surface area (Å²) in [6, 6.07) is 6.52. The first-order valence-electron chi connectivity index (χ1n) is 5.76. The Bertz CT molecular complexity index is 408. The van der Waals surface area contributed by atoms with Crippen molar-refractivity contribution >= 4 is 45.0 Å². The molecule has 4 heteroatoms. The van der Waals surface area contributed by atoms with Crippen molar-refractivity contribution in [3.8, 4) is 0 Å². The van der Waals surface area contributed by atoms with Gasteiger partial charge in [0.15, 0.2) is 0 Å². The molecule has 1 unspecified atom stereocenters. The van der Waals surface area contributed by atoms with Crippen molar-refractivity contribution in [1.82, 2.24) is 0 Å². The maximum absolute atomic E-state index is 6.22. The molecule has 17 heavy (non-hydrogen) atoms. The lowest BCUT2D eigenvalue weighted by molar-refractivity contribution is 0.358. The van der Waals surface area contributed by atoms with Gasteiger partial charge in [-0.3, -0.25) is 0 Å². The van der Waals surface area contributed by atoms with Gasteiger partial charge in [0, 0.05) is 16.3 Å². The van der Waals surface area contributed by atoms with E-state index in [-0.39, 0.29) is 0 Å². The zero-order valence-electron chi connectivity index (χ0n) is 10.1. The van der Waals surface area contributed by atoms with Crippen LogP contribution in [0.15, 0.2) is 22.7 Å². The normalized spacial score (nSPS) is 23.4. The zero-order chi connectivity index (χ0) is 12.5. The lowest BCUT2D eigenvalue weighted by Crippen LogP contribution is -2.35. The number of rotatable bonds is 2. The van der Waals surface area contributed by atoms with E-state index in [1.807, 2.05) is 30.0 Å². The Morgan fingerprint density at radius 2 is 2.24 bits per heavy atom. The van der Waals surface area contributed by atoms with Gasteiger partial charge in [-0.25, -0.2) is 0 Å². The Hall–Kier alpha value is 0.140. The van der Waals surface area contributed by atoms with Gasteiger partial charge in [-0.1, -0.05) is 41.4 Å². The van der Waals surface area contributed by atoms with Crippen LogP contribution in [0, 0.1) is 5.41 Å². The van der Waals surface area contributed by atoms with Crippen LogP contribution >= 0.6 is 39.3 Å². The molecule has 1 heterocycles. The topological polar surface area (TPSA) is 12.0 Å². The van der Waals surface area contributed by atoms with Gasteiger partial charge in [-0.05, 0) is 35.8 Å². The van der Waals surface area contributed by atoms with Crippen LogP contribution in [0.5, 0.6) is 0 Å². The van der Waals surface area contributed by atoms with Crippen molar-refractivity contribution in [2.24, 2.45) is 5.41 Å². The molecule has 1 saturated heterocycles. The van der Waals surface area contributed by atoms with Crippen LogP contribution in [0.3, 0.4) is 0 Å². The monoisotopic (exact) mass is 333 g/mol. The van der Waals surface area contributed by atoms with Gasteiger partial charge >= 0.3 is 0 Å². The first kappa shape index (κ1) is 13.6. The van der Waals surface area contributed by atoms with Gasteiger partial charge in [0.25, 0.3) is 0 Å². The summed E-state index contributed by atoms with van der Waals surface area (Å²) in [5.74, 6) is 2.41. The molecule has 1 fully saturated rings. The summed E-state index contributed by atoms with van der Waals surface area (Å²) in [5.41, 5.74) is 1.46. The fourth-order valence-corrected chi connectivity index (χ4v) is 4.18. The standard InChI is InChI=1S/C13H17BrClNS/c1-13(2)6-10(7-17-8-13)16-12-4-3-9(14)5-11(12)15/h3-5,10,16H,6-8H2,1-2H3. The van der Waals surface area contributed by atoms with Gasteiger partial charge in [-0.2, -0.15) is 11.8 Å². The van der Waals surface area contributed by atoms with E-state index in [0.29, 0.717) is 11.5 Å². The molecule has 1 aromatic carbocycles. The van der Waals surface area contributed by atoms with E-state index in [9.17, 15) is 0 Å². The highest BCUT2D eigenvalue weighted by Gasteiger charge is 2.28. The molecule has 1 atom stereocenters. The Balaban J connectivity index is 2.05. The summed E-state index contributed by atoms with van der Waals surface area (Å²) in [6.45, 7) is 4.66. The van der Waals surface area contributed by atoms with E-state index >= 15 is 0 Å². The van der Waals surface area contributed by atoms with E-state index in [0.717, 1.165) is 20.9 Å². The lowest BCUT2D eigenvalue weighted by atomic mass is 9.88. The molecule has 0 saturated carbocycles. The molecule has 0 aliphatic carbocycles. The quantitative estimate of drug-likeness (QED) is 0.812. The highest BCUT2D eigenvalue weighted by molar-refractivity contribution is 9.10. The van der Waals surface area contributed by atoms with Gasteiger partial charge in [0.05, 0.1) is 10.7 Å². The molecular weight excluding hydrogens is 318 g/mol. The van der Waals surface area contributed by atoms with Crippen molar-refractivity contribution in [1.29, 1.82) is 0 Å². The maximum atomic E-state index is 6.22. The van der Waals surface area contributed by atoms with Crippen molar-refractivity contribution in [3.05, 3.63) is 27.7 Å². The SMILES string of the molecule is CC1(C)CSCC(Nc2ccc(Br)cc2Cl)C1. The van der Waals surface area contributed by atoms with Crippen LogP contribution in [-0.2, 0) is 0 Å². The fourth-order valence-electron chi connectivity index (χ4n) is 2.18. The molecule has 1 aliphatic rings. The third kappa shape index (κ3) is 3.80. The highest BCUT2D eigenvalue weighted by Crippen LogP contribution is 2.36. The van der Waals surface area contributed by atoms with Crippen LogP contribution in [0.2, 0.25) is 5.02 Å². The third-order valence-electron chi connectivity index (χ3n) is 2.90. The molecule has 1 N–H and O–H groups in total. The minimum Gasteiger partial charge on any atom is -0.380 e. The van der Waals surface area contributed by atoms with E-state index in [1.54, 1.807) is 0 Å². The molecule has 94 valence electrons. The second-order valence-corrected chi connectivity index (χ2v) is 7.70. The summed E-state index contributed by atoms with van der Waals surface area (Å²) < 4.78 is 1.02. The number of thioether (sulfide) groups is 1. The number of anilines is 1. The second kappa shape index (κ2) is 5.41. The molecule has 2 rings (SSSR count). The van der Waals surface area contributed by atoms with Gasteiger partial charge in [0.2, 0.25) is 0 Å². The molecule has 0 amide bonds. The molecule has 1 nitrogen and oxygen atoms in total. The average molecular weight is 335 g/mol. The van der Waals surface area contributed by atoms with Crippen LogP contribution < -0.4 is 5.32 Å². The van der Waals surface area contributed by atoms with E-state index in [2.05, 4.69) is 35.1 Å². The van der Waals surface area contributed by atoms with Gasteiger partial charge in [-0.15, -0.1) is 0 Å². The predicted molar refractivity (Wildman–Crippen MR) is 82.3 cm³/mol. The summed E-state index contributed by atoms with van der Waals surface area (Å²) in [4.78, 5) is 0. The maximum Gasteiger partial charge on any atom is 0.0648 e. The molecule has 1 aliphatic heterocycles. The van der Waals surface area contributed by atoms with Crippen molar-refractivity contribution in [2.45, 2.75) is 26.3 Å². The Morgan fingerprint density at radius 3 is 2.88 bits per heavy atom. The Morgan fingerprint density at radius 1 is 1.47 bits per heavy atom. The summed E-state index contributed by atoms with van der Waals surface area (Å²) >= 11 is 11.7. The number of hydrogen-bond acceptors (Lipinski definition) is 2. The van der Waals surface area contributed by atoms with E-state index < -0.39 is 0 Å². The number of halogens is 2. The van der Waals surface area contributed by atoms with Crippen LogP contribution in [-0.4, -0.2) is 17.5 Å². The first-order valence-corrected chi connectivity index (χ1v) is 8.08. The van der Waals surface area contributed by atoms with Crippen molar-refractivity contribution < 1.29 is 0 Å². The van der Waals surface area contributed by atoms with Crippen LogP contribution in [0.25, 0.3) is 0 Å². The molecule has 0 aromatic heterocycles. The molecular formula is C13H17BrClNS. The molecule has 0 spiro atoms. The van der Waals surface area contributed by atoms with E-state index in [4.69, 9.17) is 11.6 Å². The zero-order valence-corrected chi connectivity index (χ0v) is 13.3. The highest BCUT2D eigenvalue weighted by atomic mass is 79.9. The smallest absolute Gasteiger partial charge is 0.0648 e. The minimum atomic E-state index is 0.419. The van der Waals surface area contributed by atoms with E-state index in [1.165, 1.54) is 12.2 Å².